The standard InChI is InChI=1S/C67H55BN2O2S2/c1-38-30-46-47(67(7,8)29-28-66(46,5)6)34-50(38)69-52-37-61-56(72-55-23-15-17-25-59(55)74-61)35-48(52)68-64-53(69)36-57-62(42-21-12-14-22-54(42)71-57)63(64)45-33-60-44(41-20-13-16-24-58(41)73-60)32-51(45)70(68)49-27-26-40(65(2,3)4)31-43(49)39-18-10-9-11-19-39/h9-27,30-37H,28-29H2,1-8H3. The van der Waals surface area contributed by atoms with E-state index in [1.165, 1.54) is 87.0 Å². The highest BCUT2D eigenvalue weighted by atomic mass is 32.2. The molecule has 0 amide bonds. The number of aryl methyl sites for hydroxylation is 1. The molecule has 1 aliphatic carbocycles. The Bertz CT molecular complexity index is 4230. The Morgan fingerprint density at radius 3 is 2.09 bits per heavy atom. The van der Waals surface area contributed by atoms with Gasteiger partial charge in [0.2, 0.25) is 0 Å². The summed E-state index contributed by atoms with van der Waals surface area (Å²) in [5.74, 6) is 1.77. The molecule has 15 rings (SSSR count). The highest BCUT2D eigenvalue weighted by Crippen LogP contribution is 2.57. The molecule has 0 spiro atoms. The van der Waals surface area contributed by atoms with Crippen LogP contribution in [0, 0.1) is 6.92 Å². The van der Waals surface area contributed by atoms with E-state index in [2.05, 4.69) is 229 Å². The number of hydrogen-bond donors (Lipinski definition) is 0. The Morgan fingerprint density at radius 2 is 1.28 bits per heavy atom. The number of ether oxygens (including phenoxy) is 1. The van der Waals surface area contributed by atoms with E-state index in [4.69, 9.17) is 9.15 Å². The Labute approximate surface area is 441 Å². The van der Waals surface area contributed by atoms with Gasteiger partial charge in [-0.25, -0.2) is 0 Å². The lowest BCUT2D eigenvalue weighted by Gasteiger charge is -2.47. The number of para-hydroxylation sites is 2. The van der Waals surface area contributed by atoms with Gasteiger partial charge in [0.05, 0.1) is 9.79 Å². The molecule has 360 valence electrons. The zero-order valence-electron chi connectivity index (χ0n) is 43.1. The van der Waals surface area contributed by atoms with E-state index in [-0.39, 0.29) is 23.1 Å². The van der Waals surface area contributed by atoms with Crippen molar-refractivity contribution in [2.45, 2.75) is 94.3 Å². The average Bonchev–Trinajstić information content (AvgIpc) is 4.02. The summed E-state index contributed by atoms with van der Waals surface area (Å²) in [6, 6.07) is 61.7. The van der Waals surface area contributed by atoms with Crippen LogP contribution in [0.25, 0.3) is 64.4 Å². The summed E-state index contributed by atoms with van der Waals surface area (Å²) < 4.78 is 16.7. The highest BCUT2D eigenvalue weighted by molar-refractivity contribution is 7.99. The molecule has 2 aromatic heterocycles. The van der Waals surface area contributed by atoms with Gasteiger partial charge in [0.15, 0.2) is 0 Å². The van der Waals surface area contributed by atoms with Gasteiger partial charge in [-0.2, -0.15) is 0 Å². The van der Waals surface area contributed by atoms with Gasteiger partial charge in [-0.1, -0.05) is 151 Å². The van der Waals surface area contributed by atoms with E-state index in [0.717, 1.165) is 73.1 Å². The van der Waals surface area contributed by atoms with Crippen LogP contribution in [-0.4, -0.2) is 6.85 Å². The van der Waals surface area contributed by atoms with E-state index in [1.807, 2.05) is 11.3 Å². The first kappa shape index (κ1) is 44.3. The number of nitrogens with zero attached hydrogens (tertiary/aromatic N) is 2. The Kier molecular flexibility index (Phi) is 9.25. The molecular weight excluding hydrogens is 940 g/mol. The summed E-state index contributed by atoms with van der Waals surface area (Å²) in [5, 5.41) is 4.83. The molecule has 0 N–H and O–H groups in total. The number of benzene rings is 9. The minimum Gasteiger partial charge on any atom is -0.456 e. The Balaban J connectivity index is 1.13. The number of thiophene rings is 1. The normalized spacial score (nSPS) is 15.9. The molecule has 0 unspecified atom stereocenters. The van der Waals surface area contributed by atoms with Gasteiger partial charge < -0.3 is 18.9 Å². The van der Waals surface area contributed by atoms with Crippen molar-refractivity contribution in [3.05, 3.63) is 186 Å². The second-order valence-corrected chi connectivity index (χ2v) is 25.7. The molecule has 0 atom stereocenters. The summed E-state index contributed by atoms with van der Waals surface area (Å²) >= 11 is 3.69. The lowest BCUT2D eigenvalue weighted by atomic mass is 9.43. The summed E-state index contributed by atoms with van der Waals surface area (Å²) in [5.41, 5.74) is 20.4. The molecule has 0 fully saturated rings. The van der Waals surface area contributed by atoms with Crippen molar-refractivity contribution in [3.63, 3.8) is 0 Å². The first-order valence-electron chi connectivity index (χ1n) is 26.2. The fourth-order valence-corrected chi connectivity index (χ4v) is 15.1. The molecule has 11 aromatic rings. The number of hydrogen-bond acceptors (Lipinski definition) is 6. The molecule has 0 bridgehead atoms. The molecule has 3 aliphatic heterocycles. The van der Waals surface area contributed by atoms with Crippen LogP contribution in [0.1, 0.15) is 83.6 Å². The van der Waals surface area contributed by atoms with E-state index >= 15 is 0 Å². The van der Waals surface area contributed by atoms with Crippen LogP contribution in [0.15, 0.2) is 178 Å². The Morgan fingerprint density at radius 1 is 0.554 bits per heavy atom. The van der Waals surface area contributed by atoms with Gasteiger partial charge in [0.1, 0.15) is 22.7 Å². The van der Waals surface area contributed by atoms with Gasteiger partial charge in [-0.05, 0) is 147 Å². The molecule has 4 aliphatic rings. The maximum atomic E-state index is 7.13. The topological polar surface area (TPSA) is 28.9 Å². The largest absolute Gasteiger partial charge is 0.456 e. The third-order valence-electron chi connectivity index (χ3n) is 17.0. The third kappa shape index (κ3) is 6.35. The summed E-state index contributed by atoms with van der Waals surface area (Å²) in [7, 11) is 0. The van der Waals surface area contributed by atoms with Crippen LogP contribution in [0.5, 0.6) is 11.5 Å². The predicted molar refractivity (Wildman–Crippen MR) is 315 cm³/mol. The fraction of sp³-hybridized carbons (Fsp3) is 0.194. The molecule has 9 aromatic carbocycles. The van der Waals surface area contributed by atoms with Gasteiger partial charge >= 0.3 is 6.85 Å². The molecule has 0 radical (unpaired) electrons. The van der Waals surface area contributed by atoms with Crippen molar-refractivity contribution >= 4 is 111 Å². The monoisotopic (exact) mass is 994 g/mol. The van der Waals surface area contributed by atoms with E-state index < -0.39 is 0 Å². The van der Waals surface area contributed by atoms with E-state index in [9.17, 15) is 0 Å². The smallest absolute Gasteiger partial charge is 0.333 e. The third-order valence-corrected chi connectivity index (χ3v) is 19.2. The minimum atomic E-state index is -0.286. The van der Waals surface area contributed by atoms with Crippen molar-refractivity contribution in [3.8, 4) is 33.8 Å². The second-order valence-electron chi connectivity index (χ2n) is 23.5. The number of anilines is 5. The molecule has 4 nitrogen and oxygen atoms in total. The minimum absolute atomic E-state index is 0.00174. The van der Waals surface area contributed by atoms with Crippen LogP contribution in [-0.2, 0) is 16.2 Å². The summed E-state index contributed by atoms with van der Waals surface area (Å²) in [6.07, 6.45) is 2.29. The predicted octanol–water partition coefficient (Wildman–Crippen LogP) is 18.5. The van der Waals surface area contributed by atoms with Gasteiger partial charge in [-0.15, -0.1) is 11.3 Å². The number of furan rings is 1. The first-order chi connectivity index (χ1) is 35.7. The maximum absolute atomic E-state index is 7.13. The molecule has 0 saturated heterocycles. The molecule has 74 heavy (non-hydrogen) atoms. The van der Waals surface area contributed by atoms with Crippen LogP contribution in [0.4, 0.5) is 28.4 Å². The first-order valence-corrected chi connectivity index (χ1v) is 27.8. The zero-order valence-corrected chi connectivity index (χ0v) is 44.7. The maximum Gasteiger partial charge on any atom is 0.333 e. The zero-order chi connectivity index (χ0) is 50.2. The van der Waals surface area contributed by atoms with Crippen molar-refractivity contribution in [1.29, 1.82) is 0 Å². The summed E-state index contributed by atoms with van der Waals surface area (Å²) in [6.45, 7) is 18.8. The average molecular weight is 995 g/mol. The number of rotatable bonds is 3. The quantitative estimate of drug-likeness (QED) is 0.165. The lowest BCUT2D eigenvalue weighted by molar-refractivity contribution is 0.332. The second kappa shape index (κ2) is 15.4. The number of fused-ring (bicyclic) bond motifs is 14. The molecule has 5 heterocycles. The van der Waals surface area contributed by atoms with Crippen LogP contribution in [0.2, 0.25) is 0 Å². The van der Waals surface area contributed by atoms with Gasteiger partial charge in [0, 0.05) is 76.6 Å². The molecule has 7 heteroatoms. The van der Waals surface area contributed by atoms with Crippen molar-refractivity contribution in [1.82, 2.24) is 0 Å². The lowest BCUT2D eigenvalue weighted by Crippen LogP contribution is -2.61. The van der Waals surface area contributed by atoms with Gasteiger partial charge in [0.25, 0.3) is 0 Å². The van der Waals surface area contributed by atoms with Crippen LogP contribution >= 0.6 is 23.1 Å². The molecular formula is C67H55BN2O2S2. The van der Waals surface area contributed by atoms with E-state index in [1.54, 1.807) is 11.8 Å². The van der Waals surface area contributed by atoms with E-state index in [0.29, 0.717) is 0 Å². The fourth-order valence-electron chi connectivity index (χ4n) is 13.0. The summed E-state index contributed by atoms with van der Waals surface area (Å²) in [4.78, 5) is 7.56. The van der Waals surface area contributed by atoms with Crippen molar-refractivity contribution < 1.29 is 9.15 Å². The van der Waals surface area contributed by atoms with Crippen molar-refractivity contribution in [2.75, 3.05) is 9.71 Å². The molecule has 0 saturated carbocycles. The van der Waals surface area contributed by atoms with Crippen LogP contribution < -0.4 is 25.4 Å². The van der Waals surface area contributed by atoms with Crippen molar-refractivity contribution in [2.24, 2.45) is 0 Å². The Hall–Kier alpha value is -7.19. The van der Waals surface area contributed by atoms with Crippen LogP contribution in [0.3, 0.4) is 0 Å². The highest BCUT2D eigenvalue weighted by Gasteiger charge is 2.49. The SMILES string of the molecule is Cc1cc2c(cc1N1c3cc4c(cc3B3c5c1cc1oc6ccccc6c1c5-c1cc5sc6ccccc6c5cc1N3c1ccc(C(C)(C)C)cc1-c1ccccc1)Oc1ccccc1S4)C(C)(C)CCC2(C)C. The van der Waals surface area contributed by atoms with Gasteiger partial charge in [-0.3, -0.25) is 0 Å².